The van der Waals surface area contributed by atoms with Gasteiger partial charge in [0.25, 0.3) is 5.91 Å². The summed E-state index contributed by atoms with van der Waals surface area (Å²) in [5.41, 5.74) is 6.08. The molecule has 1 aromatic heterocycles. The molecule has 0 unspecified atom stereocenters. The second kappa shape index (κ2) is 15.0. The van der Waals surface area contributed by atoms with E-state index in [4.69, 9.17) is 9.15 Å². The molecule has 0 bridgehead atoms. The first-order valence-corrected chi connectivity index (χ1v) is 14.2. The van der Waals surface area contributed by atoms with Crippen LogP contribution in [-0.4, -0.2) is 29.9 Å². The number of furan rings is 1. The van der Waals surface area contributed by atoms with Crippen LogP contribution in [0, 0.1) is 13.8 Å². The Morgan fingerprint density at radius 1 is 0.950 bits per heavy atom. The summed E-state index contributed by atoms with van der Waals surface area (Å²) in [6.45, 7) is 4.64. The summed E-state index contributed by atoms with van der Waals surface area (Å²) in [7, 11) is 0. The van der Waals surface area contributed by atoms with Gasteiger partial charge in [-0.1, -0.05) is 54.1 Å². The molecule has 4 aromatic rings. The van der Waals surface area contributed by atoms with Gasteiger partial charge in [-0.2, -0.15) is 11.8 Å². The van der Waals surface area contributed by atoms with E-state index in [0.29, 0.717) is 36.5 Å². The van der Waals surface area contributed by atoms with E-state index in [1.807, 2.05) is 86.8 Å². The van der Waals surface area contributed by atoms with Gasteiger partial charge in [0.1, 0.15) is 18.1 Å². The predicted molar refractivity (Wildman–Crippen MR) is 153 cm³/mol. The van der Waals surface area contributed by atoms with Crippen LogP contribution in [0.15, 0.2) is 83.3 Å². The fourth-order valence-corrected chi connectivity index (χ4v) is 4.85. The van der Waals surface area contributed by atoms with Crippen LogP contribution in [0.1, 0.15) is 39.2 Å². The van der Waals surface area contributed by atoms with E-state index in [0.717, 1.165) is 33.8 Å². The Morgan fingerprint density at radius 2 is 1.75 bits per heavy atom. The number of nitrogens with one attached hydrogen (secondary N) is 1. The van der Waals surface area contributed by atoms with Crippen molar-refractivity contribution >= 4 is 23.6 Å². The molecule has 0 spiro atoms. The largest absolute Gasteiger partial charge is 1.00 e. The van der Waals surface area contributed by atoms with Crippen LogP contribution in [0.5, 0.6) is 0 Å². The zero-order valence-corrected chi connectivity index (χ0v) is 24.2. The second-order valence-corrected chi connectivity index (χ2v) is 10.4. The van der Waals surface area contributed by atoms with Gasteiger partial charge in [-0.15, -0.1) is 0 Å². The first kappa shape index (κ1) is 31.3. The maximum Gasteiger partial charge on any atom is 1.00 e. The van der Waals surface area contributed by atoms with Crippen LogP contribution in [0.4, 0.5) is 0 Å². The molecule has 4 rings (SSSR count). The van der Waals surface area contributed by atoms with Gasteiger partial charge >= 0.3 is 18.9 Å². The van der Waals surface area contributed by atoms with Crippen LogP contribution in [0.3, 0.4) is 0 Å². The number of aliphatic carboxylic acids is 1. The number of benzene rings is 3. The SMILES string of the molecule is CSCC[C@H](NC(=O)c1ccc(COCc2ccc(-c3cccc(C)c3)o2)cc1-c1ccccc1C)C(=O)[O-].[Li+]. The van der Waals surface area contributed by atoms with Crippen LogP contribution in [-0.2, 0) is 22.7 Å². The Bertz CT molecular complexity index is 1450. The predicted octanol–water partition coefficient (Wildman–Crippen LogP) is 2.55. The third kappa shape index (κ3) is 8.15. The molecule has 0 aliphatic rings. The molecule has 3 aromatic carbocycles. The minimum absolute atomic E-state index is 0. The van der Waals surface area contributed by atoms with Crippen molar-refractivity contribution in [3.8, 4) is 22.5 Å². The van der Waals surface area contributed by atoms with E-state index in [9.17, 15) is 14.7 Å². The maximum atomic E-state index is 13.2. The quantitative estimate of drug-likeness (QED) is 0.273. The number of carboxylic acid groups (broad SMARTS) is 1. The van der Waals surface area contributed by atoms with Gasteiger partial charge in [0.15, 0.2) is 0 Å². The zero-order chi connectivity index (χ0) is 27.8. The number of amides is 1. The summed E-state index contributed by atoms with van der Waals surface area (Å²) in [4.78, 5) is 24.8. The van der Waals surface area contributed by atoms with Crippen LogP contribution < -0.4 is 29.3 Å². The van der Waals surface area contributed by atoms with Gasteiger partial charge in [-0.25, -0.2) is 0 Å². The molecule has 0 fully saturated rings. The monoisotopic (exact) mass is 549 g/mol. The second-order valence-electron chi connectivity index (χ2n) is 9.45. The van der Waals surface area contributed by atoms with Crippen molar-refractivity contribution in [1.29, 1.82) is 0 Å². The Labute approximate surface area is 251 Å². The molecule has 0 aliphatic carbocycles. The van der Waals surface area contributed by atoms with Crippen LogP contribution in [0.25, 0.3) is 22.5 Å². The van der Waals surface area contributed by atoms with Gasteiger partial charge in [0.05, 0.1) is 18.6 Å². The summed E-state index contributed by atoms with van der Waals surface area (Å²) < 4.78 is 11.9. The minimum atomic E-state index is -1.29. The number of aryl methyl sites for hydroxylation is 2. The molecular weight excluding hydrogens is 517 g/mol. The van der Waals surface area contributed by atoms with Crippen molar-refractivity contribution < 1.29 is 42.7 Å². The zero-order valence-electron chi connectivity index (χ0n) is 23.4. The van der Waals surface area contributed by atoms with Crippen molar-refractivity contribution in [2.75, 3.05) is 12.0 Å². The van der Waals surface area contributed by atoms with E-state index in [2.05, 4.69) is 11.4 Å². The molecule has 1 amide bonds. The molecule has 1 atom stereocenters. The molecule has 1 N–H and O–H groups in total. The van der Waals surface area contributed by atoms with E-state index >= 15 is 0 Å². The first-order chi connectivity index (χ1) is 18.9. The van der Waals surface area contributed by atoms with Crippen LogP contribution in [0.2, 0.25) is 0 Å². The molecule has 0 radical (unpaired) electrons. The molecule has 8 heteroatoms. The summed E-state index contributed by atoms with van der Waals surface area (Å²) >= 11 is 1.52. The molecular formula is C32H32LiNO5S. The van der Waals surface area contributed by atoms with Crippen molar-refractivity contribution in [2.45, 2.75) is 39.5 Å². The molecule has 6 nitrogen and oxygen atoms in total. The van der Waals surface area contributed by atoms with E-state index < -0.39 is 17.9 Å². The number of hydrogen-bond donors (Lipinski definition) is 1. The third-order valence-electron chi connectivity index (χ3n) is 6.44. The number of thioether (sulfide) groups is 1. The first-order valence-electron chi connectivity index (χ1n) is 12.8. The molecule has 1 heterocycles. The Hall–Kier alpha value is -3.21. The molecule has 202 valence electrons. The number of rotatable bonds is 12. The van der Waals surface area contributed by atoms with Gasteiger partial charge in [0, 0.05) is 11.1 Å². The summed E-state index contributed by atoms with van der Waals surface area (Å²) in [5.74, 6) is 0.378. The average molecular weight is 550 g/mol. The van der Waals surface area contributed by atoms with Crippen molar-refractivity contribution in [3.05, 3.63) is 107 Å². The number of ether oxygens (including phenoxy) is 1. The van der Waals surface area contributed by atoms with Gasteiger partial charge < -0.3 is 24.4 Å². The topological polar surface area (TPSA) is 91.6 Å². The summed E-state index contributed by atoms with van der Waals surface area (Å²) in [6.07, 6.45) is 2.18. The maximum absolute atomic E-state index is 13.2. The normalized spacial score (nSPS) is 11.5. The van der Waals surface area contributed by atoms with Gasteiger partial charge in [-0.05, 0) is 84.9 Å². The van der Waals surface area contributed by atoms with Gasteiger partial charge in [-0.3, -0.25) is 4.79 Å². The standard InChI is InChI=1S/C32H33NO5S.Li/c1-21-7-6-9-24(17-21)30-14-12-25(38-30)20-37-19-23-11-13-27(28(18-23)26-10-5-4-8-22(26)2)31(34)33-29(32(35)36)15-16-39-3;/h4-14,17-18,29H,15-16,19-20H2,1-3H3,(H,33,34)(H,35,36);/q;+1/p-1/t29-;/m0./s1. The number of carboxylic acids is 1. The molecule has 40 heavy (non-hydrogen) atoms. The van der Waals surface area contributed by atoms with Crippen molar-refractivity contribution in [3.63, 3.8) is 0 Å². The van der Waals surface area contributed by atoms with E-state index in [1.54, 1.807) is 6.07 Å². The minimum Gasteiger partial charge on any atom is -0.548 e. The number of carbonyl (C=O) groups is 2. The Morgan fingerprint density at radius 3 is 2.48 bits per heavy atom. The smallest absolute Gasteiger partial charge is 0.548 e. The van der Waals surface area contributed by atoms with Crippen molar-refractivity contribution in [1.82, 2.24) is 5.32 Å². The van der Waals surface area contributed by atoms with Gasteiger partial charge in [0.2, 0.25) is 0 Å². The summed E-state index contributed by atoms with van der Waals surface area (Å²) in [5, 5.41) is 14.3. The van der Waals surface area contributed by atoms with E-state index in [-0.39, 0.29) is 18.9 Å². The van der Waals surface area contributed by atoms with Crippen molar-refractivity contribution in [2.24, 2.45) is 0 Å². The Balaban J connectivity index is 0.00000441. The van der Waals surface area contributed by atoms with Crippen LogP contribution >= 0.6 is 11.8 Å². The Kier molecular flexibility index (Phi) is 11.7. The summed E-state index contributed by atoms with van der Waals surface area (Å²) in [6, 6.07) is 24.2. The van der Waals surface area contributed by atoms with E-state index in [1.165, 1.54) is 17.3 Å². The molecule has 0 saturated carbocycles. The molecule has 0 aliphatic heterocycles. The third-order valence-corrected chi connectivity index (χ3v) is 7.09. The average Bonchev–Trinajstić information content (AvgIpc) is 3.40. The fraction of sp³-hybridized carbons (Fsp3) is 0.250. The number of carbonyl (C=O) groups excluding carboxylic acids is 2. The molecule has 0 saturated heterocycles. The fourth-order valence-electron chi connectivity index (χ4n) is 4.38. The number of hydrogen-bond acceptors (Lipinski definition) is 6.